The molecule has 76 valence electrons. The van der Waals surface area contributed by atoms with Gasteiger partial charge >= 0.3 is 12.0 Å². The fourth-order valence-electron chi connectivity index (χ4n) is 0.829. The number of aliphatic carboxylic acids is 1. The lowest BCUT2D eigenvalue weighted by Crippen LogP contribution is -2.35. The number of thiophene rings is 1. The van der Waals surface area contributed by atoms with Crippen LogP contribution in [0.25, 0.3) is 0 Å². The summed E-state index contributed by atoms with van der Waals surface area (Å²) in [4.78, 5) is 22.7. The quantitative estimate of drug-likeness (QED) is 0.796. The predicted molar refractivity (Wildman–Crippen MR) is 53.6 cm³/mol. The number of likely N-dealkylation sites (N-methyl/N-ethyl adjacent to an activating group) is 1. The number of carboxylic acid groups (broad SMARTS) is 1. The number of rotatable bonds is 3. The number of carbonyl (C=O) groups excluding carboxylic acids is 1. The zero-order valence-corrected chi connectivity index (χ0v) is 8.37. The van der Waals surface area contributed by atoms with Gasteiger partial charge in [0, 0.05) is 12.4 Å². The summed E-state index contributed by atoms with van der Waals surface area (Å²) in [5.41, 5.74) is 0.678. The van der Waals surface area contributed by atoms with Crippen molar-refractivity contribution in [2.24, 2.45) is 0 Å². The Balaban J connectivity index is 2.46. The van der Waals surface area contributed by atoms with Crippen LogP contribution in [-0.2, 0) is 4.79 Å². The topological polar surface area (TPSA) is 69.6 Å². The molecule has 0 spiro atoms. The fourth-order valence-corrected chi connectivity index (χ4v) is 1.42. The van der Waals surface area contributed by atoms with E-state index in [1.165, 1.54) is 18.4 Å². The van der Waals surface area contributed by atoms with Crippen LogP contribution in [0.2, 0.25) is 0 Å². The third kappa shape index (κ3) is 3.06. The Morgan fingerprint density at radius 2 is 2.36 bits per heavy atom. The van der Waals surface area contributed by atoms with Crippen LogP contribution in [0.3, 0.4) is 0 Å². The van der Waals surface area contributed by atoms with Crippen molar-refractivity contribution in [3.05, 3.63) is 16.8 Å². The maximum atomic E-state index is 11.3. The van der Waals surface area contributed by atoms with E-state index < -0.39 is 12.0 Å². The second-order valence-electron chi connectivity index (χ2n) is 2.69. The molecule has 2 N–H and O–H groups in total. The molecule has 1 heterocycles. The average Bonchev–Trinajstić information content (AvgIpc) is 2.55. The first kappa shape index (κ1) is 10.5. The highest BCUT2D eigenvalue weighted by Gasteiger charge is 2.11. The smallest absolute Gasteiger partial charge is 0.323 e. The van der Waals surface area contributed by atoms with E-state index >= 15 is 0 Å². The highest BCUT2D eigenvalue weighted by molar-refractivity contribution is 7.08. The largest absolute Gasteiger partial charge is 0.480 e. The number of urea groups is 1. The first-order chi connectivity index (χ1) is 6.59. The van der Waals surface area contributed by atoms with Gasteiger partial charge in [0.2, 0.25) is 0 Å². The van der Waals surface area contributed by atoms with Gasteiger partial charge in [-0.25, -0.2) is 4.79 Å². The zero-order chi connectivity index (χ0) is 10.6. The molecule has 14 heavy (non-hydrogen) atoms. The van der Waals surface area contributed by atoms with Crippen molar-refractivity contribution < 1.29 is 14.7 Å². The lowest BCUT2D eigenvalue weighted by Gasteiger charge is -2.14. The summed E-state index contributed by atoms with van der Waals surface area (Å²) < 4.78 is 0. The molecule has 2 amide bonds. The second-order valence-corrected chi connectivity index (χ2v) is 3.47. The number of nitrogens with one attached hydrogen (secondary N) is 1. The zero-order valence-electron chi connectivity index (χ0n) is 7.56. The number of hydrogen-bond donors (Lipinski definition) is 2. The van der Waals surface area contributed by atoms with E-state index in [1.807, 2.05) is 5.38 Å². The van der Waals surface area contributed by atoms with Gasteiger partial charge in [0.15, 0.2) is 0 Å². The molecule has 1 aromatic rings. The van der Waals surface area contributed by atoms with Crippen LogP contribution < -0.4 is 5.32 Å². The minimum absolute atomic E-state index is 0.310. The van der Waals surface area contributed by atoms with Crippen LogP contribution in [0, 0.1) is 0 Å². The monoisotopic (exact) mass is 214 g/mol. The normalized spacial score (nSPS) is 9.50. The highest BCUT2D eigenvalue weighted by Crippen LogP contribution is 2.11. The molecule has 0 unspecified atom stereocenters. The molecule has 0 aliphatic heterocycles. The molecular formula is C8H10N2O3S. The molecular weight excluding hydrogens is 204 g/mol. The molecule has 0 bridgehead atoms. The molecule has 1 rings (SSSR count). The van der Waals surface area contributed by atoms with Crippen LogP contribution in [0.5, 0.6) is 0 Å². The van der Waals surface area contributed by atoms with Crippen molar-refractivity contribution in [3.63, 3.8) is 0 Å². The van der Waals surface area contributed by atoms with Crippen molar-refractivity contribution in [2.45, 2.75) is 0 Å². The summed E-state index contributed by atoms with van der Waals surface area (Å²) in [5, 5.41) is 14.6. The molecule has 0 fully saturated rings. The van der Waals surface area contributed by atoms with Crippen LogP contribution >= 0.6 is 11.3 Å². The van der Waals surface area contributed by atoms with Gasteiger partial charge in [-0.15, -0.1) is 0 Å². The molecule has 0 atom stereocenters. The van der Waals surface area contributed by atoms with Gasteiger partial charge < -0.3 is 15.3 Å². The Labute approximate surface area is 85.0 Å². The molecule has 0 radical (unpaired) electrons. The molecule has 0 saturated carbocycles. The van der Waals surface area contributed by atoms with Crippen molar-refractivity contribution in [2.75, 3.05) is 18.9 Å². The standard InChI is InChI=1S/C8H10N2O3S/c1-10(4-7(11)12)8(13)9-6-2-3-14-5-6/h2-3,5H,4H2,1H3,(H,9,13)(H,11,12). The molecule has 0 aromatic carbocycles. The van der Waals surface area contributed by atoms with Gasteiger partial charge in [-0.3, -0.25) is 4.79 Å². The molecule has 1 aromatic heterocycles. The lowest BCUT2D eigenvalue weighted by molar-refractivity contribution is -0.137. The summed E-state index contributed by atoms with van der Waals surface area (Å²) >= 11 is 1.46. The maximum absolute atomic E-state index is 11.3. The van der Waals surface area contributed by atoms with E-state index in [2.05, 4.69) is 5.32 Å². The summed E-state index contributed by atoms with van der Waals surface area (Å²) in [6.45, 7) is -0.310. The van der Waals surface area contributed by atoms with Crippen LogP contribution in [0.1, 0.15) is 0 Å². The van der Waals surface area contributed by atoms with E-state index in [9.17, 15) is 9.59 Å². The Bertz CT molecular complexity index is 323. The van der Waals surface area contributed by atoms with Gasteiger partial charge in [-0.05, 0) is 11.4 Å². The maximum Gasteiger partial charge on any atom is 0.323 e. The van der Waals surface area contributed by atoms with E-state index in [-0.39, 0.29) is 6.54 Å². The molecule has 0 aliphatic carbocycles. The van der Waals surface area contributed by atoms with Gasteiger partial charge in [-0.2, -0.15) is 11.3 Å². The number of nitrogens with zero attached hydrogens (tertiary/aromatic N) is 1. The number of carbonyl (C=O) groups is 2. The Kier molecular flexibility index (Phi) is 3.47. The minimum Gasteiger partial charge on any atom is -0.480 e. The molecule has 6 heteroatoms. The van der Waals surface area contributed by atoms with Gasteiger partial charge in [0.05, 0.1) is 5.69 Å². The number of hydrogen-bond acceptors (Lipinski definition) is 3. The van der Waals surface area contributed by atoms with Gasteiger partial charge in [0.1, 0.15) is 6.54 Å². The second kappa shape index (κ2) is 4.61. The Hall–Kier alpha value is -1.56. The summed E-state index contributed by atoms with van der Waals surface area (Å²) in [5.74, 6) is -1.03. The van der Waals surface area contributed by atoms with E-state index in [0.717, 1.165) is 4.90 Å². The van der Waals surface area contributed by atoms with Crippen LogP contribution in [0.4, 0.5) is 10.5 Å². The van der Waals surface area contributed by atoms with Crippen molar-refractivity contribution >= 4 is 29.0 Å². The molecule has 0 aliphatic rings. The Morgan fingerprint density at radius 3 is 2.86 bits per heavy atom. The van der Waals surface area contributed by atoms with Crippen molar-refractivity contribution in [3.8, 4) is 0 Å². The summed E-state index contributed by atoms with van der Waals surface area (Å²) in [6.07, 6.45) is 0. The third-order valence-corrected chi connectivity index (χ3v) is 2.17. The lowest BCUT2D eigenvalue weighted by atomic mass is 10.5. The van der Waals surface area contributed by atoms with Gasteiger partial charge in [0.25, 0.3) is 0 Å². The highest BCUT2D eigenvalue weighted by atomic mass is 32.1. The van der Waals surface area contributed by atoms with Crippen molar-refractivity contribution in [1.82, 2.24) is 4.90 Å². The number of amides is 2. The summed E-state index contributed by atoms with van der Waals surface area (Å²) in [7, 11) is 1.43. The van der Waals surface area contributed by atoms with E-state index in [4.69, 9.17) is 5.11 Å². The first-order valence-electron chi connectivity index (χ1n) is 3.85. The van der Waals surface area contributed by atoms with E-state index in [1.54, 1.807) is 11.4 Å². The number of carboxylic acids is 1. The van der Waals surface area contributed by atoms with Crippen molar-refractivity contribution in [1.29, 1.82) is 0 Å². The van der Waals surface area contributed by atoms with Crippen LogP contribution in [-0.4, -0.2) is 35.6 Å². The van der Waals surface area contributed by atoms with Gasteiger partial charge in [-0.1, -0.05) is 0 Å². The molecule has 0 saturated heterocycles. The van der Waals surface area contributed by atoms with E-state index in [0.29, 0.717) is 5.69 Å². The van der Waals surface area contributed by atoms with Crippen LogP contribution in [0.15, 0.2) is 16.8 Å². The summed E-state index contributed by atoms with van der Waals surface area (Å²) in [6, 6.07) is 1.32. The molecule has 5 nitrogen and oxygen atoms in total. The average molecular weight is 214 g/mol. The minimum atomic E-state index is -1.03. The first-order valence-corrected chi connectivity index (χ1v) is 4.80. The fraction of sp³-hybridized carbons (Fsp3) is 0.250. The number of anilines is 1. The predicted octanol–water partition coefficient (Wildman–Crippen LogP) is 1.30. The SMILES string of the molecule is CN(CC(=O)O)C(=O)Nc1ccsc1. The third-order valence-electron chi connectivity index (χ3n) is 1.49. The Morgan fingerprint density at radius 1 is 1.64 bits per heavy atom.